The predicted octanol–water partition coefficient (Wildman–Crippen LogP) is 4.19. The number of carbonyl (C=O) groups excluding carboxylic acids is 1. The molecule has 144 valence electrons. The number of nitrogens with one attached hydrogen (secondary N) is 2. The van der Waals surface area contributed by atoms with E-state index in [4.69, 9.17) is 4.42 Å². The topological polar surface area (TPSA) is 67.2 Å². The van der Waals surface area contributed by atoms with Gasteiger partial charge in [0.25, 0.3) is 5.91 Å². The Morgan fingerprint density at radius 2 is 1.96 bits per heavy atom. The molecular weight excluding hydrogens is 350 g/mol. The highest BCUT2D eigenvalue weighted by molar-refractivity contribution is 6.00. The van der Waals surface area contributed by atoms with Crippen molar-refractivity contribution in [3.8, 4) is 22.8 Å². The van der Waals surface area contributed by atoms with E-state index >= 15 is 0 Å². The molecule has 2 heterocycles. The second kappa shape index (κ2) is 7.98. The zero-order valence-electron chi connectivity index (χ0n) is 16.2. The Morgan fingerprint density at radius 3 is 2.75 bits per heavy atom. The Labute approximate surface area is 165 Å². The molecule has 4 rings (SSSR count). The molecule has 0 bridgehead atoms. The van der Waals surface area contributed by atoms with Crippen molar-refractivity contribution in [1.82, 2.24) is 15.6 Å². The molecule has 2 aromatic carbocycles. The van der Waals surface area contributed by atoms with Crippen LogP contribution in [-0.2, 0) is 0 Å². The Balaban J connectivity index is 1.59. The summed E-state index contributed by atoms with van der Waals surface area (Å²) in [4.78, 5) is 17.4. The van der Waals surface area contributed by atoms with Crippen molar-refractivity contribution >= 4 is 5.91 Å². The number of rotatable bonds is 4. The van der Waals surface area contributed by atoms with Crippen LogP contribution in [0.15, 0.2) is 59.1 Å². The van der Waals surface area contributed by atoms with E-state index in [9.17, 15) is 4.79 Å². The fraction of sp³-hybridized carbons (Fsp3) is 0.304. The van der Waals surface area contributed by atoms with Crippen LogP contribution in [0.25, 0.3) is 22.8 Å². The molecule has 1 aliphatic heterocycles. The van der Waals surface area contributed by atoms with E-state index in [1.54, 1.807) is 6.20 Å². The van der Waals surface area contributed by atoms with E-state index in [0.717, 1.165) is 24.9 Å². The third-order valence-electron chi connectivity index (χ3n) is 5.32. The number of nitrogens with zero attached hydrogens (tertiary/aromatic N) is 1. The first kappa shape index (κ1) is 18.4. The molecule has 1 amide bonds. The van der Waals surface area contributed by atoms with E-state index in [2.05, 4.69) is 22.5 Å². The van der Waals surface area contributed by atoms with Crippen LogP contribution in [0.5, 0.6) is 0 Å². The van der Waals surface area contributed by atoms with E-state index in [-0.39, 0.29) is 18.0 Å². The van der Waals surface area contributed by atoms with Crippen molar-refractivity contribution < 1.29 is 9.21 Å². The second-order valence-electron chi connectivity index (χ2n) is 7.41. The lowest BCUT2D eigenvalue weighted by Crippen LogP contribution is -2.51. The molecule has 2 unspecified atom stereocenters. The average molecular weight is 375 g/mol. The van der Waals surface area contributed by atoms with Crippen molar-refractivity contribution in [2.45, 2.75) is 38.8 Å². The number of hydrogen-bond donors (Lipinski definition) is 2. The third kappa shape index (κ3) is 3.85. The highest BCUT2D eigenvalue weighted by Gasteiger charge is 2.24. The minimum absolute atomic E-state index is 0.0914. The number of amides is 1. The van der Waals surface area contributed by atoms with Crippen LogP contribution < -0.4 is 10.6 Å². The fourth-order valence-corrected chi connectivity index (χ4v) is 3.60. The first-order chi connectivity index (χ1) is 13.6. The summed E-state index contributed by atoms with van der Waals surface area (Å²) in [7, 11) is 0. The molecule has 0 saturated carbocycles. The van der Waals surface area contributed by atoms with Crippen molar-refractivity contribution in [3.05, 3.63) is 65.9 Å². The number of hydrogen-bond acceptors (Lipinski definition) is 4. The number of piperidine rings is 1. The van der Waals surface area contributed by atoms with Crippen LogP contribution in [-0.4, -0.2) is 29.5 Å². The van der Waals surface area contributed by atoms with Crippen LogP contribution in [0, 0.1) is 6.92 Å². The summed E-state index contributed by atoms with van der Waals surface area (Å²) < 4.78 is 5.99. The summed E-state index contributed by atoms with van der Waals surface area (Å²) in [6.07, 6.45) is 3.76. The smallest absolute Gasteiger partial charge is 0.252 e. The van der Waals surface area contributed by atoms with Gasteiger partial charge in [-0.05, 0) is 45.4 Å². The molecule has 1 aliphatic rings. The zero-order chi connectivity index (χ0) is 19.5. The Bertz CT molecular complexity index is 962. The van der Waals surface area contributed by atoms with Crippen LogP contribution in [0.1, 0.15) is 35.7 Å². The number of carbonyl (C=O) groups is 1. The summed E-state index contributed by atoms with van der Waals surface area (Å²) in [6.45, 7) is 5.16. The summed E-state index contributed by atoms with van der Waals surface area (Å²) in [5, 5.41) is 6.58. The fourth-order valence-electron chi connectivity index (χ4n) is 3.60. The second-order valence-corrected chi connectivity index (χ2v) is 7.41. The Morgan fingerprint density at radius 1 is 1.18 bits per heavy atom. The lowest BCUT2D eigenvalue weighted by Gasteiger charge is -2.30. The molecule has 5 heteroatoms. The molecular formula is C23H25N3O2. The molecule has 1 aromatic heterocycles. The van der Waals surface area contributed by atoms with Gasteiger partial charge in [-0.15, -0.1) is 0 Å². The van der Waals surface area contributed by atoms with E-state index in [0.29, 0.717) is 22.8 Å². The molecule has 2 atom stereocenters. The largest absolute Gasteiger partial charge is 0.436 e. The van der Waals surface area contributed by atoms with Crippen molar-refractivity contribution in [2.24, 2.45) is 0 Å². The monoisotopic (exact) mass is 375 g/mol. The van der Waals surface area contributed by atoms with Gasteiger partial charge in [0.1, 0.15) is 0 Å². The maximum atomic E-state index is 13.0. The molecule has 3 aromatic rings. The molecule has 28 heavy (non-hydrogen) atoms. The van der Waals surface area contributed by atoms with Crippen molar-refractivity contribution in [2.75, 3.05) is 6.54 Å². The molecule has 0 spiro atoms. The summed E-state index contributed by atoms with van der Waals surface area (Å²) in [5.41, 5.74) is 3.44. The molecule has 2 N–H and O–H groups in total. The number of aromatic nitrogens is 1. The van der Waals surface area contributed by atoms with Gasteiger partial charge < -0.3 is 15.1 Å². The Hall–Kier alpha value is -2.92. The van der Waals surface area contributed by atoms with Gasteiger partial charge in [-0.2, -0.15) is 0 Å². The van der Waals surface area contributed by atoms with Gasteiger partial charge in [0, 0.05) is 23.2 Å². The maximum absolute atomic E-state index is 13.0. The number of oxazole rings is 1. The molecule has 0 aliphatic carbocycles. The van der Waals surface area contributed by atoms with Gasteiger partial charge in [-0.25, -0.2) is 4.98 Å². The van der Waals surface area contributed by atoms with E-state index in [1.807, 2.05) is 55.5 Å². The third-order valence-corrected chi connectivity index (χ3v) is 5.32. The molecule has 0 radical (unpaired) electrons. The molecule has 1 fully saturated rings. The van der Waals surface area contributed by atoms with Crippen molar-refractivity contribution in [1.29, 1.82) is 0 Å². The first-order valence-electron chi connectivity index (χ1n) is 9.78. The highest BCUT2D eigenvalue weighted by atomic mass is 16.4. The first-order valence-corrected chi connectivity index (χ1v) is 9.78. The quantitative estimate of drug-likeness (QED) is 0.718. The summed E-state index contributed by atoms with van der Waals surface area (Å²) in [6, 6.07) is 15.9. The lowest BCUT2D eigenvalue weighted by atomic mass is 9.98. The predicted molar refractivity (Wildman–Crippen MR) is 110 cm³/mol. The van der Waals surface area contributed by atoms with Gasteiger partial charge in [0.05, 0.1) is 11.8 Å². The summed E-state index contributed by atoms with van der Waals surface area (Å²) >= 11 is 0. The van der Waals surface area contributed by atoms with Gasteiger partial charge in [-0.3, -0.25) is 4.79 Å². The Kier molecular flexibility index (Phi) is 5.26. The minimum atomic E-state index is -0.0914. The number of benzene rings is 2. The normalized spacial score (nSPS) is 19.4. The molecule has 5 nitrogen and oxygen atoms in total. The van der Waals surface area contributed by atoms with Gasteiger partial charge in [-0.1, -0.05) is 42.0 Å². The van der Waals surface area contributed by atoms with Crippen molar-refractivity contribution in [3.63, 3.8) is 0 Å². The van der Waals surface area contributed by atoms with Gasteiger partial charge in [0.15, 0.2) is 5.76 Å². The minimum Gasteiger partial charge on any atom is -0.436 e. The van der Waals surface area contributed by atoms with Crippen LogP contribution >= 0.6 is 0 Å². The highest BCUT2D eigenvalue weighted by Crippen LogP contribution is 2.28. The number of aryl methyl sites for hydroxylation is 1. The maximum Gasteiger partial charge on any atom is 0.252 e. The summed E-state index contributed by atoms with van der Waals surface area (Å²) in [5.74, 6) is 1.05. The van der Waals surface area contributed by atoms with Crippen LogP contribution in [0.3, 0.4) is 0 Å². The van der Waals surface area contributed by atoms with E-state index in [1.165, 1.54) is 5.56 Å². The average Bonchev–Trinajstić information content (AvgIpc) is 3.20. The van der Waals surface area contributed by atoms with Crippen LogP contribution in [0.4, 0.5) is 0 Å². The van der Waals surface area contributed by atoms with Crippen LogP contribution in [0.2, 0.25) is 0 Å². The molecule has 1 saturated heterocycles. The van der Waals surface area contributed by atoms with E-state index < -0.39 is 0 Å². The van der Waals surface area contributed by atoms with Gasteiger partial charge >= 0.3 is 0 Å². The lowest BCUT2D eigenvalue weighted by molar-refractivity contribution is 0.0920. The standard InChI is InChI=1S/C23H25N3O2/c1-15-9-11-17(12-10-15)21-14-25-23(28-21)19-7-4-3-6-18(19)22(27)26-20-8-5-13-24-16(20)2/h3-4,6-7,9-12,14,16,20,24H,5,8,13H2,1-2H3,(H,26,27). The zero-order valence-corrected chi connectivity index (χ0v) is 16.2. The van der Waals surface area contributed by atoms with Gasteiger partial charge in [0.2, 0.25) is 5.89 Å². The SMILES string of the molecule is Cc1ccc(-c2cnc(-c3ccccc3C(=O)NC3CCCNC3C)o2)cc1.